The van der Waals surface area contributed by atoms with E-state index in [-0.39, 0.29) is 0 Å². The summed E-state index contributed by atoms with van der Waals surface area (Å²) < 4.78 is 21.5. The first-order chi connectivity index (χ1) is 8.83. The summed E-state index contributed by atoms with van der Waals surface area (Å²) in [6.07, 6.45) is 1.43. The molecule has 18 heavy (non-hydrogen) atoms. The number of methoxy groups -OCH3 is 1. The van der Waals surface area contributed by atoms with Crippen LogP contribution in [0.1, 0.15) is 0 Å². The molecule has 0 atom stereocenters. The molecule has 0 spiro atoms. The van der Waals surface area contributed by atoms with Crippen LogP contribution in [0.2, 0.25) is 0 Å². The van der Waals surface area contributed by atoms with Gasteiger partial charge in [-0.2, -0.15) is 0 Å². The van der Waals surface area contributed by atoms with Gasteiger partial charge in [-0.1, -0.05) is 0 Å². The van der Waals surface area contributed by atoms with Crippen molar-refractivity contribution in [1.82, 2.24) is 9.97 Å². The van der Waals surface area contributed by atoms with Crippen molar-refractivity contribution in [2.24, 2.45) is 0 Å². The minimum atomic E-state index is 0.446. The number of nitrogens with zero attached hydrogens (tertiary/aromatic N) is 2. The van der Waals surface area contributed by atoms with Gasteiger partial charge < -0.3 is 18.9 Å². The van der Waals surface area contributed by atoms with Crippen molar-refractivity contribution in [2.75, 3.05) is 46.8 Å². The van der Waals surface area contributed by atoms with Gasteiger partial charge in [-0.15, -0.1) is 0 Å². The molecule has 0 amide bonds. The molecule has 0 aromatic carbocycles. The summed E-state index contributed by atoms with van der Waals surface area (Å²) in [7, 11) is 1.64. The minimum absolute atomic E-state index is 0.446. The third-order valence-electron chi connectivity index (χ3n) is 1.89. The predicted octanol–water partition coefficient (Wildman–Crippen LogP) is 1.30. The van der Waals surface area contributed by atoms with Crippen molar-refractivity contribution in [2.45, 2.75) is 0 Å². The zero-order valence-electron chi connectivity index (χ0n) is 10.3. The largest absolute Gasteiger partial charge is 0.475 e. The van der Waals surface area contributed by atoms with Gasteiger partial charge in [0, 0.05) is 13.2 Å². The second-order valence-electron chi connectivity index (χ2n) is 3.24. The van der Waals surface area contributed by atoms with Gasteiger partial charge in [0.1, 0.15) is 17.5 Å². The maximum Gasteiger partial charge on any atom is 0.217 e. The van der Waals surface area contributed by atoms with Crippen LogP contribution >= 0.6 is 15.9 Å². The summed E-state index contributed by atoms with van der Waals surface area (Å²) in [5.74, 6) is 0.525. The molecule has 102 valence electrons. The maximum atomic E-state index is 5.37. The van der Waals surface area contributed by atoms with Gasteiger partial charge in [0.25, 0.3) is 0 Å². The first kappa shape index (κ1) is 15.3. The molecule has 0 N–H and O–H groups in total. The predicted molar refractivity (Wildman–Crippen MR) is 68.7 cm³/mol. The van der Waals surface area contributed by atoms with E-state index in [9.17, 15) is 0 Å². The SMILES string of the molecule is COCCOCCOCCOc1cc(Br)ncn1. The average Bonchev–Trinajstić information content (AvgIpc) is 2.37. The van der Waals surface area contributed by atoms with E-state index < -0.39 is 0 Å². The fraction of sp³-hybridized carbons (Fsp3) is 0.636. The first-order valence-electron chi connectivity index (χ1n) is 5.57. The highest BCUT2D eigenvalue weighted by Crippen LogP contribution is 2.11. The van der Waals surface area contributed by atoms with E-state index in [1.165, 1.54) is 6.33 Å². The Labute approximate surface area is 115 Å². The lowest BCUT2D eigenvalue weighted by molar-refractivity contribution is 0.0176. The molecule has 0 saturated carbocycles. The summed E-state index contributed by atoms with van der Waals surface area (Å²) in [5, 5.41) is 0. The molecule has 0 bridgehead atoms. The van der Waals surface area contributed by atoms with Crippen LogP contribution in [0.5, 0.6) is 5.88 Å². The van der Waals surface area contributed by atoms with Crippen LogP contribution in [-0.2, 0) is 14.2 Å². The number of rotatable bonds is 10. The third kappa shape index (κ3) is 7.54. The van der Waals surface area contributed by atoms with E-state index in [4.69, 9.17) is 18.9 Å². The standard InChI is InChI=1S/C11H17BrN2O4/c1-15-2-3-16-4-5-17-6-7-18-11-8-10(12)13-9-14-11/h8-9H,2-7H2,1H3. The second-order valence-corrected chi connectivity index (χ2v) is 4.06. The maximum absolute atomic E-state index is 5.37. The number of hydrogen-bond donors (Lipinski definition) is 0. The van der Waals surface area contributed by atoms with Gasteiger partial charge in [-0.3, -0.25) is 0 Å². The van der Waals surface area contributed by atoms with Crippen LogP contribution in [0.4, 0.5) is 0 Å². The molecule has 1 rings (SSSR count). The first-order valence-corrected chi connectivity index (χ1v) is 6.37. The van der Waals surface area contributed by atoms with E-state index >= 15 is 0 Å². The normalized spacial score (nSPS) is 10.6. The Hall–Kier alpha value is -0.760. The smallest absolute Gasteiger partial charge is 0.217 e. The topological polar surface area (TPSA) is 62.7 Å². The molecule has 0 aliphatic carbocycles. The van der Waals surface area contributed by atoms with E-state index in [2.05, 4.69) is 25.9 Å². The highest BCUT2D eigenvalue weighted by Gasteiger charge is 1.97. The van der Waals surface area contributed by atoms with Crippen molar-refractivity contribution in [3.8, 4) is 5.88 Å². The van der Waals surface area contributed by atoms with E-state index in [0.29, 0.717) is 50.1 Å². The number of ether oxygens (including phenoxy) is 4. The molecule has 6 nitrogen and oxygen atoms in total. The van der Waals surface area contributed by atoms with Crippen LogP contribution in [-0.4, -0.2) is 56.7 Å². The fourth-order valence-electron chi connectivity index (χ4n) is 1.07. The van der Waals surface area contributed by atoms with Crippen LogP contribution < -0.4 is 4.74 Å². The molecule has 1 heterocycles. The van der Waals surface area contributed by atoms with Crippen LogP contribution in [0.3, 0.4) is 0 Å². The summed E-state index contributed by atoms with van der Waals surface area (Å²) in [4.78, 5) is 7.85. The average molecular weight is 321 g/mol. The van der Waals surface area contributed by atoms with Crippen molar-refractivity contribution in [3.63, 3.8) is 0 Å². The molecule has 1 aromatic heterocycles. The third-order valence-corrected chi connectivity index (χ3v) is 2.32. The quantitative estimate of drug-likeness (QED) is 0.478. The minimum Gasteiger partial charge on any atom is -0.475 e. The highest BCUT2D eigenvalue weighted by molar-refractivity contribution is 9.10. The number of halogens is 1. The van der Waals surface area contributed by atoms with Crippen LogP contribution in [0.25, 0.3) is 0 Å². The fourth-order valence-corrected chi connectivity index (χ4v) is 1.35. The lowest BCUT2D eigenvalue weighted by atomic mass is 10.6. The van der Waals surface area contributed by atoms with Crippen molar-refractivity contribution in [1.29, 1.82) is 0 Å². The van der Waals surface area contributed by atoms with Crippen molar-refractivity contribution in [3.05, 3.63) is 17.0 Å². The molecule has 0 aliphatic rings. The van der Waals surface area contributed by atoms with Gasteiger partial charge in [0.05, 0.1) is 33.0 Å². The Balaban J connectivity index is 1.92. The Morgan fingerprint density at radius 2 is 1.67 bits per heavy atom. The Kier molecular flexibility index (Phi) is 8.66. The monoisotopic (exact) mass is 320 g/mol. The van der Waals surface area contributed by atoms with Gasteiger partial charge in [0.15, 0.2) is 0 Å². The summed E-state index contributed by atoms with van der Waals surface area (Å²) >= 11 is 3.24. The van der Waals surface area contributed by atoms with E-state index in [1.807, 2.05) is 0 Å². The summed E-state index contributed by atoms with van der Waals surface area (Å²) in [6, 6.07) is 1.70. The molecule has 0 aliphatic heterocycles. The van der Waals surface area contributed by atoms with Gasteiger partial charge in [-0.05, 0) is 15.9 Å². The molecule has 7 heteroatoms. The Morgan fingerprint density at radius 1 is 1.00 bits per heavy atom. The lowest BCUT2D eigenvalue weighted by Crippen LogP contribution is -2.12. The van der Waals surface area contributed by atoms with Crippen LogP contribution in [0.15, 0.2) is 17.0 Å². The molecule has 1 aromatic rings. The highest BCUT2D eigenvalue weighted by atomic mass is 79.9. The van der Waals surface area contributed by atoms with Gasteiger partial charge in [-0.25, -0.2) is 9.97 Å². The molecule has 0 saturated heterocycles. The van der Waals surface area contributed by atoms with E-state index in [0.717, 1.165) is 0 Å². The van der Waals surface area contributed by atoms with Gasteiger partial charge in [0.2, 0.25) is 5.88 Å². The lowest BCUT2D eigenvalue weighted by Gasteiger charge is -2.07. The van der Waals surface area contributed by atoms with Crippen molar-refractivity contribution >= 4 is 15.9 Å². The number of aromatic nitrogens is 2. The molecular weight excluding hydrogens is 304 g/mol. The summed E-state index contributed by atoms with van der Waals surface area (Å²) in [6.45, 7) is 3.23. The number of hydrogen-bond acceptors (Lipinski definition) is 6. The molecule has 0 fully saturated rings. The zero-order valence-corrected chi connectivity index (χ0v) is 11.9. The summed E-state index contributed by atoms with van der Waals surface area (Å²) in [5.41, 5.74) is 0. The van der Waals surface area contributed by atoms with E-state index in [1.54, 1.807) is 13.2 Å². The van der Waals surface area contributed by atoms with Crippen molar-refractivity contribution < 1.29 is 18.9 Å². The van der Waals surface area contributed by atoms with Gasteiger partial charge >= 0.3 is 0 Å². The van der Waals surface area contributed by atoms with Crippen LogP contribution in [0, 0.1) is 0 Å². The second kappa shape index (κ2) is 10.2. The zero-order chi connectivity index (χ0) is 13.1. The molecular formula is C11H17BrN2O4. The Morgan fingerprint density at radius 3 is 2.33 bits per heavy atom. The molecule has 0 radical (unpaired) electrons. The molecule has 0 unspecified atom stereocenters. The Bertz CT molecular complexity index is 328.